The zero-order chi connectivity index (χ0) is 17.3. The Bertz CT molecular complexity index is 787. The topological polar surface area (TPSA) is 53.8 Å². The van der Waals surface area contributed by atoms with E-state index in [1.807, 2.05) is 0 Å². The first-order valence-electron chi connectivity index (χ1n) is 7.23. The predicted molar refractivity (Wildman–Crippen MR) is 89.6 cm³/mol. The van der Waals surface area contributed by atoms with E-state index < -0.39 is 11.7 Å². The second-order valence-electron chi connectivity index (χ2n) is 5.35. The fraction of sp³-hybridized carbons (Fsp3) is 0.250. The zero-order valence-corrected chi connectivity index (χ0v) is 14.8. The fourth-order valence-electron chi connectivity index (χ4n) is 2.55. The SMILES string of the molecule is O=C(c1coc(Br)c1)N1CCN(C(=O)c2cc(Cl)ccc2F)CC1. The van der Waals surface area contributed by atoms with Gasteiger partial charge in [0.1, 0.15) is 12.1 Å². The molecule has 0 N–H and O–H groups in total. The number of amides is 2. The highest BCUT2D eigenvalue weighted by molar-refractivity contribution is 9.10. The number of rotatable bonds is 2. The van der Waals surface area contributed by atoms with Crippen LogP contribution in [0, 0.1) is 5.82 Å². The number of hydrogen-bond acceptors (Lipinski definition) is 3. The largest absolute Gasteiger partial charge is 0.457 e. The van der Waals surface area contributed by atoms with E-state index >= 15 is 0 Å². The molecule has 3 rings (SSSR count). The molecule has 0 saturated carbocycles. The Labute approximate surface area is 151 Å². The number of benzene rings is 1. The third kappa shape index (κ3) is 3.47. The van der Waals surface area contributed by atoms with Gasteiger partial charge in [-0.05, 0) is 34.1 Å². The average molecular weight is 416 g/mol. The van der Waals surface area contributed by atoms with E-state index in [-0.39, 0.29) is 11.5 Å². The summed E-state index contributed by atoms with van der Waals surface area (Å²) >= 11 is 8.99. The van der Waals surface area contributed by atoms with Gasteiger partial charge in [-0.25, -0.2) is 4.39 Å². The van der Waals surface area contributed by atoms with Crippen LogP contribution < -0.4 is 0 Å². The molecule has 0 aliphatic carbocycles. The Balaban J connectivity index is 1.65. The maximum Gasteiger partial charge on any atom is 0.257 e. The molecule has 1 aromatic carbocycles. The maximum atomic E-state index is 13.8. The van der Waals surface area contributed by atoms with Crippen LogP contribution in [0.4, 0.5) is 4.39 Å². The van der Waals surface area contributed by atoms with Crippen LogP contribution in [-0.2, 0) is 0 Å². The van der Waals surface area contributed by atoms with E-state index in [0.717, 1.165) is 0 Å². The van der Waals surface area contributed by atoms with Gasteiger partial charge in [0.2, 0.25) is 0 Å². The molecule has 1 aliphatic rings. The van der Waals surface area contributed by atoms with Gasteiger partial charge in [-0.1, -0.05) is 11.6 Å². The second kappa shape index (κ2) is 6.94. The third-order valence-corrected chi connectivity index (χ3v) is 4.48. The highest BCUT2D eigenvalue weighted by Gasteiger charge is 2.27. The number of piperazine rings is 1. The number of carbonyl (C=O) groups is 2. The van der Waals surface area contributed by atoms with Crippen molar-refractivity contribution in [1.29, 1.82) is 0 Å². The minimum Gasteiger partial charge on any atom is -0.457 e. The van der Waals surface area contributed by atoms with Gasteiger partial charge in [0.15, 0.2) is 4.67 Å². The minimum absolute atomic E-state index is 0.0546. The Morgan fingerprint density at radius 2 is 1.71 bits per heavy atom. The quantitative estimate of drug-likeness (QED) is 0.755. The van der Waals surface area contributed by atoms with Crippen molar-refractivity contribution in [2.24, 2.45) is 0 Å². The minimum atomic E-state index is -0.605. The van der Waals surface area contributed by atoms with E-state index in [1.54, 1.807) is 11.0 Å². The summed E-state index contributed by atoms with van der Waals surface area (Å²) in [6, 6.07) is 5.49. The van der Waals surface area contributed by atoms with E-state index in [1.165, 1.54) is 29.4 Å². The molecule has 2 amide bonds. The average Bonchev–Trinajstić information content (AvgIpc) is 3.02. The van der Waals surface area contributed by atoms with Gasteiger partial charge >= 0.3 is 0 Å². The lowest BCUT2D eigenvalue weighted by Crippen LogP contribution is -2.50. The molecule has 2 heterocycles. The van der Waals surface area contributed by atoms with Crippen LogP contribution in [0.5, 0.6) is 0 Å². The molecular formula is C16H13BrClFN2O3. The third-order valence-electron chi connectivity index (χ3n) is 3.83. The molecule has 1 saturated heterocycles. The van der Waals surface area contributed by atoms with E-state index in [4.69, 9.17) is 16.0 Å². The van der Waals surface area contributed by atoms with Crippen LogP contribution >= 0.6 is 27.5 Å². The Kier molecular flexibility index (Phi) is 4.91. The number of halogens is 3. The van der Waals surface area contributed by atoms with Crippen LogP contribution in [0.25, 0.3) is 0 Å². The van der Waals surface area contributed by atoms with Gasteiger partial charge in [0, 0.05) is 37.3 Å². The summed E-state index contributed by atoms with van der Waals surface area (Å²) in [5.41, 5.74) is 0.392. The lowest BCUT2D eigenvalue weighted by atomic mass is 10.1. The fourth-order valence-corrected chi connectivity index (χ4v) is 3.06. The van der Waals surface area contributed by atoms with Crippen LogP contribution in [0.1, 0.15) is 20.7 Å². The molecule has 0 atom stereocenters. The Hall–Kier alpha value is -1.86. The first kappa shape index (κ1) is 17.0. The van der Waals surface area contributed by atoms with Crippen molar-refractivity contribution in [1.82, 2.24) is 9.80 Å². The van der Waals surface area contributed by atoms with Crippen molar-refractivity contribution in [3.05, 3.63) is 57.2 Å². The van der Waals surface area contributed by atoms with Crippen LogP contribution in [-0.4, -0.2) is 47.8 Å². The van der Waals surface area contributed by atoms with Crippen molar-refractivity contribution in [2.45, 2.75) is 0 Å². The molecule has 5 nitrogen and oxygen atoms in total. The highest BCUT2D eigenvalue weighted by atomic mass is 79.9. The number of hydrogen-bond donors (Lipinski definition) is 0. The zero-order valence-electron chi connectivity index (χ0n) is 12.5. The van der Waals surface area contributed by atoms with Crippen molar-refractivity contribution in [3.8, 4) is 0 Å². The second-order valence-corrected chi connectivity index (χ2v) is 6.57. The van der Waals surface area contributed by atoms with Gasteiger partial charge in [-0.3, -0.25) is 9.59 Å². The molecule has 1 aliphatic heterocycles. The molecule has 126 valence electrons. The monoisotopic (exact) mass is 414 g/mol. The molecule has 1 aromatic heterocycles. The normalized spacial score (nSPS) is 14.8. The molecule has 1 fully saturated rings. The number of furan rings is 1. The lowest BCUT2D eigenvalue weighted by molar-refractivity contribution is 0.0532. The van der Waals surface area contributed by atoms with Gasteiger partial charge in [0.05, 0.1) is 11.1 Å². The molecule has 2 aromatic rings. The first-order valence-corrected chi connectivity index (χ1v) is 8.40. The van der Waals surface area contributed by atoms with Crippen molar-refractivity contribution < 1.29 is 18.4 Å². The highest BCUT2D eigenvalue weighted by Crippen LogP contribution is 2.19. The molecule has 8 heteroatoms. The summed E-state index contributed by atoms with van der Waals surface area (Å²) in [6.07, 6.45) is 1.38. The summed E-state index contributed by atoms with van der Waals surface area (Å²) in [5.74, 6) is -1.19. The smallest absolute Gasteiger partial charge is 0.257 e. The summed E-state index contributed by atoms with van der Waals surface area (Å²) in [5, 5.41) is 0.305. The molecule has 24 heavy (non-hydrogen) atoms. The maximum absolute atomic E-state index is 13.8. The van der Waals surface area contributed by atoms with E-state index in [2.05, 4.69) is 15.9 Å². The molecule has 0 spiro atoms. The molecule has 0 unspecified atom stereocenters. The predicted octanol–water partition coefficient (Wildman–Crippen LogP) is 3.43. The first-order chi connectivity index (χ1) is 11.5. The van der Waals surface area contributed by atoms with Gasteiger partial charge < -0.3 is 14.2 Å². The van der Waals surface area contributed by atoms with E-state index in [0.29, 0.717) is 41.4 Å². The van der Waals surface area contributed by atoms with Crippen molar-refractivity contribution in [2.75, 3.05) is 26.2 Å². The van der Waals surface area contributed by atoms with Crippen LogP contribution in [0.3, 0.4) is 0 Å². The molecule has 0 radical (unpaired) electrons. The summed E-state index contributed by atoms with van der Waals surface area (Å²) in [7, 11) is 0. The number of nitrogens with zero attached hydrogens (tertiary/aromatic N) is 2. The summed E-state index contributed by atoms with van der Waals surface area (Å²) in [4.78, 5) is 27.9. The lowest BCUT2D eigenvalue weighted by Gasteiger charge is -2.34. The molecular weight excluding hydrogens is 403 g/mol. The summed E-state index contributed by atoms with van der Waals surface area (Å²) < 4.78 is 19.4. The summed E-state index contributed by atoms with van der Waals surface area (Å²) in [6.45, 7) is 1.40. The Morgan fingerprint density at radius 3 is 2.29 bits per heavy atom. The van der Waals surface area contributed by atoms with Crippen LogP contribution in [0.15, 0.2) is 39.6 Å². The van der Waals surface area contributed by atoms with Crippen LogP contribution in [0.2, 0.25) is 5.02 Å². The van der Waals surface area contributed by atoms with Gasteiger partial charge in [0.25, 0.3) is 11.8 Å². The molecule has 0 bridgehead atoms. The van der Waals surface area contributed by atoms with Crippen molar-refractivity contribution in [3.63, 3.8) is 0 Å². The van der Waals surface area contributed by atoms with Gasteiger partial charge in [-0.15, -0.1) is 0 Å². The van der Waals surface area contributed by atoms with Crippen molar-refractivity contribution >= 4 is 39.3 Å². The Morgan fingerprint density at radius 1 is 1.08 bits per heavy atom. The standard InChI is InChI=1S/C16H13BrClFN2O3/c17-14-7-10(9-24-14)15(22)20-3-5-21(6-4-20)16(23)12-8-11(18)1-2-13(12)19/h1-2,7-9H,3-6H2. The number of carbonyl (C=O) groups excluding carboxylic acids is 2. The van der Waals surface area contributed by atoms with Gasteiger partial charge in [-0.2, -0.15) is 0 Å². The van der Waals surface area contributed by atoms with E-state index in [9.17, 15) is 14.0 Å².